The van der Waals surface area contributed by atoms with E-state index < -0.39 is 0 Å². The minimum Gasteiger partial charge on any atom is -0.494 e. The fourth-order valence-electron chi connectivity index (χ4n) is 2.74. The van der Waals surface area contributed by atoms with Crippen molar-refractivity contribution in [3.05, 3.63) is 65.3 Å². The Morgan fingerprint density at radius 1 is 1.10 bits per heavy atom. The minimum atomic E-state index is -0.287. The molecule has 0 unspecified atom stereocenters. The number of nitrogens with zero attached hydrogens (tertiary/aromatic N) is 1. The molecule has 1 amide bonds. The Hall–Kier alpha value is -2.73. The van der Waals surface area contributed by atoms with Crippen LogP contribution < -0.4 is 10.1 Å². The van der Waals surface area contributed by atoms with Gasteiger partial charge < -0.3 is 10.1 Å². The Labute approximate surface area is 174 Å². The molecule has 1 aromatic heterocycles. The van der Waals surface area contributed by atoms with Gasteiger partial charge in [0.2, 0.25) is 5.91 Å². The fourth-order valence-corrected chi connectivity index (χ4v) is 3.48. The topological polar surface area (TPSA) is 51.2 Å². The third kappa shape index (κ3) is 6.12. The van der Waals surface area contributed by atoms with E-state index in [-0.39, 0.29) is 17.1 Å². The predicted octanol–water partition coefficient (Wildman–Crippen LogP) is 6.04. The van der Waals surface area contributed by atoms with Crippen LogP contribution in [0.25, 0.3) is 11.3 Å². The number of hydrogen-bond donors (Lipinski definition) is 1. The van der Waals surface area contributed by atoms with Gasteiger partial charge in [-0.2, -0.15) is 0 Å². The monoisotopic (exact) mass is 412 g/mol. The highest BCUT2D eigenvalue weighted by Crippen LogP contribution is 2.26. The van der Waals surface area contributed by atoms with E-state index in [4.69, 9.17) is 4.74 Å². The first-order chi connectivity index (χ1) is 13.8. The van der Waals surface area contributed by atoms with Crippen LogP contribution in [-0.4, -0.2) is 17.5 Å². The molecule has 29 heavy (non-hydrogen) atoms. The smallest absolute Gasteiger partial charge is 0.226 e. The lowest BCUT2D eigenvalue weighted by Crippen LogP contribution is -2.13. The maximum absolute atomic E-state index is 13.0. The number of halogens is 1. The van der Waals surface area contributed by atoms with E-state index >= 15 is 0 Å². The van der Waals surface area contributed by atoms with E-state index in [0.717, 1.165) is 11.3 Å². The summed E-state index contributed by atoms with van der Waals surface area (Å²) in [7, 11) is 0. The van der Waals surface area contributed by atoms with Crippen LogP contribution in [0.1, 0.15) is 39.2 Å². The molecule has 1 heterocycles. The van der Waals surface area contributed by atoms with Crippen LogP contribution in [0, 0.1) is 5.82 Å². The van der Waals surface area contributed by atoms with Gasteiger partial charge in [0.25, 0.3) is 0 Å². The third-order valence-electron chi connectivity index (χ3n) is 4.43. The number of aromatic nitrogens is 1. The third-order valence-corrected chi connectivity index (χ3v) is 5.19. The van der Waals surface area contributed by atoms with Crippen molar-refractivity contribution < 1.29 is 13.9 Å². The molecule has 0 aliphatic carbocycles. The maximum atomic E-state index is 13.0. The van der Waals surface area contributed by atoms with E-state index in [1.54, 1.807) is 12.1 Å². The quantitative estimate of drug-likeness (QED) is 0.481. The van der Waals surface area contributed by atoms with Gasteiger partial charge in [-0.1, -0.05) is 32.9 Å². The molecule has 3 rings (SSSR count). The number of anilines is 1. The minimum absolute atomic E-state index is 0.100. The number of hydrogen-bond acceptors (Lipinski definition) is 4. The van der Waals surface area contributed by atoms with Gasteiger partial charge >= 0.3 is 0 Å². The average molecular weight is 413 g/mol. The van der Waals surface area contributed by atoms with Crippen molar-refractivity contribution in [1.82, 2.24) is 4.98 Å². The van der Waals surface area contributed by atoms with E-state index in [0.29, 0.717) is 30.3 Å². The summed E-state index contributed by atoms with van der Waals surface area (Å²) in [6.07, 6.45) is 0.967. The van der Waals surface area contributed by atoms with E-state index in [1.165, 1.54) is 29.0 Å². The number of nitrogens with one attached hydrogen (secondary N) is 1. The first-order valence-corrected chi connectivity index (χ1v) is 10.4. The molecule has 1 N–H and O–H groups in total. The van der Waals surface area contributed by atoms with Crippen LogP contribution >= 0.6 is 11.3 Å². The molecule has 0 spiro atoms. The van der Waals surface area contributed by atoms with Gasteiger partial charge in [0.1, 0.15) is 11.6 Å². The molecule has 4 nitrogen and oxygen atoms in total. The lowest BCUT2D eigenvalue weighted by molar-refractivity contribution is -0.116. The van der Waals surface area contributed by atoms with Crippen LogP contribution in [0.3, 0.4) is 0 Å². The van der Waals surface area contributed by atoms with Gasteiger partial charge in [-0.05, 0) is 53.8 Å². The summed E-state index contributed by atoms with van der Waals surface area (Å²) in [5.74, 6) is 0.420. The van der Waals surface area contributed by atoms with Gasteiger partial charge in [-0.15, -0.1) is 11.3 Å². The molecule has 0 fully saturated rings. The number of carbonyl (C=O) groups is 1. The summed E-state index contributed by atoms with van der Waals surface area (Å²) in [5, 5.41) is 5.18. The molecule has 0 radical (unpaired) electrons. The largest absolute Gasteiger partial charge is 0.494 e. The molecule has 0 bridgehead atoms. The highest BCUT2D eigenvalue weighted by molar-refractivity contribution is 7.14. The standard InChI is InChI=1S/C23H25FN2O2S/c1-23(2,3)17-8-12-19(13-9-17)28-14-4-5-21(27)26-22-25-20(15-29-22)16-6-10-18(24)11-7-16/h6-13,15H,4-5,14H2,1-3H3,(H,25,26,27). The summed E-state index contributed by atoms with van der Waals surface area (Å²) in [6.45, 7) is 6.99. The van der Waals surface area contributed by atoms with Crippen LogP contribution in [-0.2, 0) is 10.2 Å². The van der Waals surface area contributed by atoms with Crippen LogP contribution in [0.4, 0.5) is 9.52 Å². The predicted molar refractivity (Wildman–Crippen MR) is 116 cm³/mol. The van der Waals surface area contributed by atoms with Crippen LogP contribution in [0.5, 0.6) is 5.75 Å². The highest BCUT2D eigenvalue weighted by atomic mass is 32.1. The molecular weight excluding hydrogens is 387 g/mol. The number of benzene rings is 2. The normalized spacial score (nSPS) is 11.3. The van der Waals surface area contributed by atoms with Crippen molar-refractivity contribution in [3.8, 4) is 17.0 Å². The SMILES string of the molecule is CC(C)(C)c1ccc(OCCCC(=O)Nc2nc(-c3ccc(F)cc3)cs2)cc1. The zero-order chi connectivity index (χ0) is 20.9. The Bertz CT molecular complexity index is 944. The van der Waals surface area contributed by atoms with Crippen molar-refractivity contribution in [2.75, 3.05) is 11.9 Å². The Kier molecular flexibility index (Phi) is 6.64. The number of thiazole rings is 1. The summed E-state index contributed by atoms with van der Waals surface area (Å²) in [6, 6.07) is 14.2. The molecule has 6 heteroatoms. The second-order valence-electron chi connectivity index (χ2n) is 7.82. The summed E-state index contributed by atoms with van der Waals surface area (Å²) in [4.78, 5) is 16.5. The molecular formula is C23H25FN2O2S. The van der Waals surface area contributed by atoms with Gasteiger partial charge in [-0.3, -0.25) is 4.79 Å². The molecule has 0 aliphatic heterocycles. The van der Waals surface area contributed by atoms with Crippen molar-refractivity contribution in [2.45, 2.75) is 39.0 Å². The lowest BCUT2D eigenvalue weighted by atomic mass is 9.87. The number of rotatable bonds is 7. The van der Waals surface area contributed by atoms with Crippen molar-refractivity contribution >= 4 is 22.4 Å². The van der Waals surface area contributed by atoms with Crippen molar-refractivity contribution in [2.24, 2.45) is 0 Å². The highest BCUT2D eigenvalue weighted by Gasteiger charge is 2.13. The molecule has 3 aromatic rings. The molecule has 0 atom stereocenters. The Morgan fingerprint density at radius 2 is 1.79 bits per heavy atom. The van der Waals surface area contributed by atoms with Crippen LogP contribution in [0.2, 0.25) is 0 Å². The van der Waals surface area contributed by atoms with Gasteiger partial charge in [0.15, 0.2) is 5.13 Å². The van der Waals surface area contributed by atoms with Crippen LogP contribution in [0.15, 0.2) is 53.9 Å². The number of carbonyl (C=O) groups excluding carboxylic acids is 1. The molecule has 0 saturated heterocycles. The molecule has 152 valence electrons. The summed E-state index contributed by atoms with van der Waals surface area (Å²) < 4.78 is 18.7. The first-order valence-electron chi connectivity index (χ1n) is 9.56. The van der Waals surface area contributed by atoms with E-state index in [1.807, 2.05) is 17.5 Å². The second-order valence-corrected chi connectivity index (χ2v) is 8.68. The van der Waals surface area contributed by atoms with Gasteiger partial charge in [0.05, 0.1) is 12.3 Å². The maximum Gasteiger partial charge on any atom is 0.226 e. The van der Waals surface area contributed by atoms with E-state index in [2.05, 4.69) is 43.2 Å². The zero-order valence-electron chi connectivity index (χ0n) is 16.9. The Balaban J connectivity index is 1.42. The molecule has 0 saturated carbocycles. The van der Waals surface area contributed by atoms with E-state index in [9.17, 15) is 9.18 Å². The van der Waals surface area contributed by atoms with Gasteiger partial charge in [-0.25, -0.2) is 9.37 Å². The average Bonchev–Trinajstić information content (AvgIpc) is 3.14. The second kappa shape index (κ2) is 9.18. The molecule has 0 aliphatic rings. The zero-order valence-corrected chi connectivity index (χ0v) is 17.7. The lowest BCUT2D eigenvalue weighted by Gasteiger charge is -2.19. The number of ether oxygens (including phenoxy) is 1. The summed E-state index contributed by atoms with van der Waals surface area (Å²) in [5.41, 5.74) is 2.90. The fraction of sp³-hybridized carbons (Fsp3) is 0.304. The first kappa shape index (κ1) is 21.0. The summed E-state index contributed by atoms with van der Waals surface area (Å²) >= 11 is 1.35. The van der Waals surface area contributed by atoms with Crippen molar-refractivity contribution in [1.29, 1.82) is 0 Å². The number of amides is 1. The van der Waals surface area contributed by atoms with Crippen molar-refractivity contribution in [3.63, 3.8) is 0 Å². The van der Waals surface area contributed by atoms with Gasteiger partial charge in [0, 0.05) is 17.4 Å². The molecule has 2 aromatic carbocycles. The Morgan fingerprint density at radius 3 is 2.45 bits per heavy atom.